The molecule has 0 radical (unpaired) electrons. The van der Waals surface area contributed by atoms with Gasteiger partial charge in [-0.05, 0) is 232 Å². The molecule has 0 fully saturated rings. The average Bonchev–Trinajstić information content (AvgIpc) is 0.854. The Morgan fingerprint density at radius 3 is 0.836 bits per heavy atom. The molecule has 4 aromatic heterocycles. The molecule has 24 aromatic rings. The van der Waals surface area contributed by atoms with Gasteiger partial charge in [0, 0.05) is 80.7 Å². The third-order valence-corrected chi connectivity index (χ3v) is 29.1. The second kappa shape index (κ2) is 27.0. The normalized spacial score (nSPS) is 12.0. The highest BCUT2D eigenvalue weighted by Gasteiger charge is 2.26. The summed E-state index contributed by atoms with van der Waals surface area (Å²) >= 11 is 7.63. The molecule has 4 heteroatoms. The summed E-state index contributed by atoms with van der Waals surface area (Å²) in [5, 5.41) is 20.1. The molecule has 116 heavy (non-hydrogen) atoms. The van der Waals surface area contributed by atoms with E-state index in [1.54, 1.807) is 0 Å². The molecular weight excluding hydrogens is 1470 g/mol. The monoisotopic (exact) mass is 1540 g/mol. The Labute approximate surface area is 686 Å². The van der Waals surface area contributed by atoms with Crippen molar-refractivity contribution in [3.63, 3.8) is 0 Å². The molecule has 0 aliphatic rings. The fourth-order valence-electron chi connectivity index (χ4n) is 19.0. The van der Waals surface area contributed by atoms with E-state index in [0.29, 0.717) is 0 Å². The first-order valence-electron chi connectivity index (χ1n) is 39.7. The van der Waals surface area contributed by atoms with Gasteiger partial charge >= 0.3 is 0 Å². The number of rotatable bonds is 11. The van der Waals surface area contributed by atoms with Crippen LogP contribution in [-0.4, -0.2) is 0 Å². The summed E-state index contributed by atoms with van der Waals surface area (Å²) in [6.45, 7) is 0. The first-order valence-corrected chi connectivity index (χ1v) is 43.0. The van der Waals surface area contributed by atoms with Crippen LogP contribution in [0, 0.1) is 0 Å². The summed E-state index contributed by atoms with van der Waals surface area (Å²) in [4.78, 5) is 0. The molecule has 4 heterocycles. The molecule has 0 nitrogen and oxygen atoms in total. The number of hydrogen-bond acceptors (Lipinski definition) is 4. The second-order valence-electron chi connectivity index (χ2n) is 30.7. The third-order valence-electron chi connectivity index (χ3n) is 24.2. The molecule has 0 amide bonds. The Morgan fingerprint density at radius 2 is 0.388 bits per heavy atom. The second-order valence-corrected chi connectivity index (χ2v) is 34.9. The lowest BCUT2D eigenvalue weighted by Gasteiger charge is -2.20. The van der Waals surface area contributed by atoms with Crippen LogP contribution in [-0.2, 0) is 0 Å². The van der Waals surface area contributed by atoms with Gasteiger partial charge in [0.05, 0.1) is 0 Å². The topological polar surface area (TPSA) is 0 Å². The Hall–Kier alpha value is -13.7. The molecule has 0 N–H and O–H groups in total. The van der Waals surface area contributed by atoms with Crippen LogP contribution in [0.1, 0.15) is 0 Å². The SMILES string of the molecule is c1ccc(-c2ccc(-c3c4ccccc4c(-c4cc(-c5cccc6c5sc5ccccc56)cc(-c5cccc6c5sc5cc(-c7ccc8sc9c(-c%10cc(-c%11c%12ccccc%12c(-c%12ccccc%12-c%12ccccc%12)c%12ccccc%11%12)cc(-c%11cccc%12c%11sc%11ccccc%11%12)c%10)cccc9c8c7)ccc56)c4)c4ccccc34)cc2)cc1. The van der Waals surface area contributed by atoms with Gasteiger partial charge in [0.15, 0.2) is 0 Å². The van der Waals surface area contributed by atoms with Gasteiger partial charge in [0.2, 0.25) is 0 Å². The Bertz CT molecular complexity index is 8080. The number of thiophene rings is 4. The molecule has 0 atom stereocenters. The summed E-state index contributed by atoms with van der Waals surface area (Å²) in [5.74, 6) is 0. The van der Waals surface area contributed by atoms with Crippen molar-refractivity contribution >= 4 is 169 Å². The van der Waals surface area contributed by atoms with E-state index in [1.807, 2.05) is 45.3 Å². The molecule has 0 unspecified atom stereocenters. The fraction of sp³-hybridized carbons (Fsp3) is 0. The van der Waals surface area contributed by atoms with Crippen LogP contribution < -0.4 is 0 Å². The molecule has 20 aromatic carbocycles. The maximum atomic E-state index is 2.49. The van der Waals surface area contributed by atoms with E-state index in [2.05, 4.69) is 400 Å². The van der Waals surface area contributed by atoms with E-state index >= 15 is 0 Å². The van der Waals surface area contributed by atoms with Crippen molar-refractivity contribution in [2.75, 3.05) is 0 Å². The molecular formula is C112H66S4. The zero-order chi connectivity index (χ0) is 76.1. The molecule has 24 rings (SSSR count). The van der Waals surface area contributed by atoms with Crippen molar-refractivity contribution in [3.8, 4) is 122 Å². The van der Waals surface area contributed by atoms with Crippen LogP contribution in [0.2, 0.25) is 0 Å². The number of benzene rings is 20. The van der Waals surface area contributed by atoms with Gasteiger partial charge in [0.1, 0.15) is 0 Å². The molecule has 0 saturated heterocycles. The molecule has 0 bridgehead atoms. The van der Waals surface area contributed by atoms with E-state index in [1.165, 1.54) is 246 Å². The number of hydrogen-bond donors (Lipinski definition) is 0. The van der Waals surface area contributed by atoms with Crippen molar-refractivity contribution in [3.05, 3.63) is 400 Å². The van der Waals surface area contributed by atoms with Gasteiger partial charge in [-0.3, -0.25) is 0 Å². The average molecular weight is 1540 g/mol. The van der Waals surface area contributed by atoms with Gasteiger partial charge in [-0.2, -0.15) is 0 Å². The quantitative estimate of drug-likeness (QED) is 0.113. The minimum atomic E-state index is 1.19. The maximum Gasteiger partial charge on any atom is 0.0433 e. The smallest absolute Gasteiger partial charge is 0.0433 e. The van der Waals surface area contributed by atoms with E-state index in [4.69, 9.17) is 0 Å². The fourth-order valence-corrected chi connectivity index (χ4v) is 24.0. The third kappa shape index (κ3) is 10.8. The summed E-state index contributed by atoms with van der Waals surface area (Å²) < 4.78 is 10.3. The summed E-state index contributed by atoms with van der Waals surface area (Å²) in [6, 6.07) is 151. The highest BCUT2D eigenvalue weighted by molar-refractivity contribution is 7.27. The Morgan fingerprint density at radius 1 is 0.112 bits per heavy atom. The minimum absolute atomic E-state index is 1.19. The van der Waals surface area contributed by atoms with E-state index in [9.17, 15) is 0 Å². The molecule has 538 valence electrons. The first kappa shape index (κ1) is 66.9. The van der Waals surface area contributed by atoms with Gasteiger partial charge < -0.3 is 0 Å². The number of fused-ring (bicyclic) bond motifs is 16. The maximum absolute atomic E-state index is 2.49. The predicted octanol–water partition coefficient (Wildman–Crippen LogP) is 34.1. The highest BCUT2D eigenvalue weighted by atomic mass is 32.1. The standard InChI is InChI=1S/C112H66S4/c1-3-25-67(26-4-1)68-51-53-70(54-52-68)105-88-33-9-11-35-90(88)106(91-36-12-10-34-89(91)105)77-61-73(80-41-21-45-96-84-30-17-19-49-101(84)113-109(80)96)59-75(63-77)82-43-23-47-98-86-57-55-72(66-104(86)116-111(82)98)71-56-58-103-100(65-71)99-48-24-44-83(112(99)115-103)76-60-74(81-42-22-46-97-85-31-18-20-50-102(85)114-110(81)97)62-78(64-76)107-92-37-13-15-39-94(92)108(95-40-16-14-38-93(95)107)87-32-8-7-29-79(87)69-27-5-2-6-28-69/h1-66H. The molecule has 0 saturated carbocycles. The highest BCUT2D eigenvalue weighted by Crippen LogP contribution is 2.54. The van der Waals surface area contributed by atoms with Crippen LogP contribution in [0.25, 0.3) is 246 Å². The van der Waals surface area contributed by atoms with Crippen molar-refractivity contribution < 1.29 is 0 Å². The lowest BCUT2D eigenvalue weighted by atomic mass is 9.83. The van der Waals surface area contributed by atoms with Crippen molar-refractivity contribution in [1.82, 2.24) is 0 Å². The summed E-state index contributed by atoms with van der Waals surface area (Å²) in [7, 11) is 0. The lowest BCUT2D eigenvalue weighted by molar-refractivity contribution is 1.60. The van der Waals surface area contributed by atoms with Gasteiger partial charge in [-0.15, -0.1) is 45.3 Å². The molecule has 0 aliphatic heterocycles. The zero-order valence-corrected chi connectivity index (χ0v) is 66.0. The van der Waals surface area contributed by atoms with E-state index in [0.717, 1.165) is 0 Å². The Balaban J connectivity index is 0.650. The van der Waals surface area contributed by atoms with Crippen molar-refractivity contribution in [1.29, 1.82) is 0 Å². The van der Waals surface area contributed by atoms with E-state index in [-0.39, 0.29) is 0 Å². The van der Waals surface area contributed by atoms with Crippen molar-refractivity contribution in [2.45, 2.75) is 0 Å². The molecule has 0 spiro atoms. The van der Waals surface area contributed by atoms with Crippen molar-refractivity contribution in [2.24, 2.45) is 0 Å². The summed E-state index contributed by atoms with van der Waals surface area (Å²) in [6.07, 6.45) is 0. The van der Waals surface area contributed by atoms with Crippen LogP contribution in [0.15, 0.2) is 400 Å². The Kier molecular flexibility index (Phi) is 15.6. The van der Waals surface area contributed by atoms with Crippen LogP contribution in [0.4, 0.5) is 0 Å². The minimum Gasteiger partial charge on any atom is -0.135 e. The van der Waals surface area contributed by atoms with E-state index < -0.39 is 0 Å². The van der Waals surface area contributed by atoms with Crippen LogP contribution in [0.5, 0.6) is 0 Å². The zero-order valence-electron chi connectivity index (χ0n) is 62.7. The predicted molar refractivity (Wildman–Crippen MR) is 508 cm³/mol. The lowest BCUT2D eigenvalue weighted by Crippen LogP contribution is -1.93. The largest absolute Gasteiger partial charge is 0.135 e. The summed E-state index contributed by atoms with van der Waals surface area (Å²) in [5.41, 5.74) is 26.9. The van der Waals surface area contributed by atoms with Gasteiger partial charge in [-0.25, -0.2) is 0 Å². The molecule has 0 aliphatic carbocycles. The first-order chi connectivity index (χ1) is 57.5. The van der Waals surface area contributed by atoms with Gasteiger partial charge in [-0.1, -0.05) is 334 Å². The van der Waals surface area contributed by atoms with Crippen LogP contribution >= 0.6 is 45.3 Å². The van der Waals surface area contributed by atoms with Gasteiger partial charge in [0.25, 0.3) is 0 Å². The van der Waals surface area contributed by atoms with Crippen LogP contribution in [0.3, 0.4) is 0 Å².